The van der Waals surface area contributed by atoms with Gasteiger partial charge in [0.05, 0.1) is 30.8 Å². The lowest BCUT2D eigenvalue weighted by Crippen LogP contribution is -2.37. The van der Waals surface area contributed by atoms with E-state index in [1.807, 2.05) is 0 Å². The van der Waals surface area contributed by atoms with Crippen LogP contribution in [-0.4, -0.2) is 84.7 Å². The number of aliphatic hydroxyl groups is 2. The average molecular weight is 480 g/mol. The van der Waals surface area contributed by atoms with Crippen LogP contribution >= 0.6 is 19.5 Å². The van der Waals surface area contributed by atoms with E-state index in [2.05, 4.69) is 16.7 Å². The Balaban J connectivity index is 0.000000245. The van der Waals surface area contributed by atoms with Crippen molar-refractivity contribution in [2.75, 3.05) is 51.9 Å². The number of rotatable bonds is 5. The second-order valence-electron chi connectivity index (χ2n) is 6.65. The minimum atomic E-state index is -0.900. The van der Waals surface area contributed by atoms with Gasteiger partial charge < -0.3 is 19.7 Å². The van der Waals surface area contributed by atoms with Crippen molar-refractivity contribution < 1.29 is 34.1 Å². The van der Waals surface area contributed by atoms with Crippen molar-refractivity contribution in [3.63, 3.8) is 0 Å². The Kier molecular flexibility index (Phi) is 14.3. The number of benzene rings is 1. The number of aliphatic hydroxyl groups excluding tert-OH is 2. The zero-order valence-electron chi connectivity index (χ0n) is 17.3. The largest absolute Gasteiger partial charge is 0.449 e. The summed E-state index contributed by atoms with van der Waals surface area (Å²) < 4.78 is 14.7. The first kappa shape index (κ1) is 27.5. The molecule has 1 aromatic rings. The molecule has 2 saturated heterocycles. The van der Waals surface area contributed by atoms with Gasteiger partial charge in [-0.15, -0.1) is 7.92 Å². The molecule has 1 unspecified atom stereocenters. The van der Waals surface area contributed by atoms with Gasteiger partial charge in [0.1, 0.15) is 12.7 Å². The Morgan fingerprint density at radius 2 is 2.03 bits per heavy atom. The van der Waals surface area contributed by atoms with Gasteiger partial charge in [-0.2, -0.15) is 4.74 Å². The monoisotopic (exact) mass is 479 g/mol. The van der Waals surface area contributed by atoms with Gasteiger partial charge >= 0.3 is 5.43 Å². The highest BCUT2D eigenvalue weighted by Gasteiger charge is 2.18. The Hall–Kier alpha value is -1.52. The predicted molar refractivity (Wildman–Crippen MR) is 118 cm³/mol. The molecular weight excluding hydrogens is 451 g/mol. The molecule has 3 N–H and O–H groups in total. The molecule has 1 aromatic carbocycles. The standard InChI is InChI=1S/C8H6ClNO4.C6H13O2P.C5H10NO2/c9-8(11)14-5-6-1-3-7(4-2-6)10(12)13;1-9-3-2-8-6(4-7)5-9;7-4-5-3-6-1-2-8-5/h1-4H,5H2;6-7H,2-5H2,1H3;2,5-7H,1,3-4H2/q;;+1/t;6-,9?;5-/m.10/s1. The summed E-state index contributed by atoms with van der Waals surface area (Å²) in [5.74, 6) is 0. The van der Waals surface area contributed by atoms with Crippen molar-refractivity contribution in [3.8, 4) is 0 Å². The molecule has 3 atom stereocenters. The molecule has 0 saturated carbocycles. The summed E-state index contributed by atoms with van der Waals surface area (Å²) in [6.07, 6.45) is 2.43. The van der Waals surface area contributed by atoms with Gasteiger partial charge in [0.2, 0.25) is 6.61 Å². The van der Waals surface area contributed by atoms with E-state index in [0.717, 1.165) is 25.9 Å². The predicted octanol–water partition coefficient (Wildman–Crippen LogP) is 2.09. The number of nitrogens with one attached hydrogen (secondary N) is 1. The third-order valence-electron chi connectivity index (χ3n) is 4.14. The first-order valence-corrected chi connectivity index (χ1v) is 12.1. The Morgan fingerprint density at radius 3 is 2.45 bits per heavy atom. The average Bonchev–Trinajstić information content (AvgIpc) is 2.79. The number of carbonyl (C=O) groups is 1. The highest BCUT2D eigenvalue weighted by Crippen LogP contribution is 2.34. The van der Waals surface area contributed by atoms with E-state index in [0.29, 0.717) is 5.56 Å². The summed E-state index contributed by atoms with van der Waals surface area (Å²) in [7, 11) is 0.178. The van der Waals surface area contributed by atoms with Crippen LogP contribution < -0.4 is 5.32 Å². The van der Waals surface area contributed by atoms with E-state index in [4.69, 9.17) is 31.3 Å². The zero-order chi connectivity index (χ0) is 23.1. The first-order valence-electron chi connectivity index (χ1n) is 9.61. The van der Waals surface area contributed by atoms with E-state index in [-0.39, 0.29) is 45.6 Å². The topological polar surface area (TPSA) is 140 Å². The highest BCUT2D eigenvalue weighted by molar-refractivity contribution is 7.56. The van der Waals surface area contributed by atoms with Gasteiger partial charge in [-0.05, 0) is 36.7 Å². The number of morpholine rings is 1. The molecule has 2 aliphatic rings. The van der Waals surface area contributed by atoms with Crippen molar-refractivity contribution >= 4 is 30.6 Å². The van der Waals surface area contributed by atoms with Crippen molar-refractivity contribution in [2.45, 2.75) is 18.8 Å². The summed E-state index contributed by atoms with van der Waals surface area (Å²) in [5, 5.41) is 30.5. The normalized spacial score (nSPS) is 22.5. The lowest BCUT2D eigenvalue weighted by Gasteiger charge is -2.25. The SMILES string of the molecule is CP1CCO[C@H](CO)C1.O=C(Cl)OCc1ccc([N+](=O)[O-])cc1.OC[C@@H]1CNC[CH+]O1. The molecular formula is C19H29ClN2O8P+. The zero-order valence-corrected chi connectivity index (χ0v) is 19.0. The molecule has 0 bridgehead atoms. The molecule has 12 heteroatoms. The van der Waals surface area contributed by atoms with Gasteiger partial charge in [0, 0.05) is 30.3 Å². The molecule has 0 amide bonds. The lowest BCUT2D eigenvalue weighted by molar-refractivity contribution is -0.384. The van der Waals surface area contributed by atoms with E-state index in [1.165, 1.54) is 30.4 Å². The van der Waals surface area contributed by atoms with Crippen LogP contribution in [0.3, 0.4) is 0 Å². The minimum absolute atomic E-state index is 0.00838. The van der Waals surface area contributed by atoms with Crippen LogP contribution in [-0.2, 0) is 20.8 Å². The van der Waals surface area contributed by atoms with Crippen LogP contribution in [0.5, 0.6) is 0 Å². The maximum absolute atomic E-state index is 10.3. The molecule has 0 radical (unpaired) electrons. The lowest BCUT2D eigenvalue weighted by atomic mass is 10.2. The summed E-state index contributed by atoms with van der Waals surface area (Å²) in [6.45, 7) is 6.65. The number of carbonyl (C=O) groups excluding carboxylic acids is 1. The van der Waals surface area contributed by atoms with Crippen LogP contribution in [0.4, 0.5) is 10.5 Å². The number of halogens is 1. The molecule has 10 nitrogen and oxygen atoms in total. The molecule has 174 valence electrons. The first-order chi connectivity index (χ1) is 14.8. The Bertz CT molecular complexity index is 646. The minimum Gasteiger partial charge on any atom is -0.449 e. The number of nitrogens with zero attached hydrogens (tertiary/aromatic N) is 1. The number of nitro groups is 1. The van der Waals surface area contributed by atoms with Gasteiger partial charge in [-0.25, -0.2) is 4.79 Å². The number of hydrogen-bond donors (Lipinski definition) is 3. The molecule has 2 heterocycles. The van der Waals surface area contributed by atoms with Crippen LogP contribution in [0.25, 0.3) is 0 Å². The quantitative estimate of drug-likeness (QED) is 0.190. The number of non-ortho nitro benzene ring substituents is 1. The maximum Gasteiger partial charge on any atom is 0.404 e. The van der Waals surface area contributed by atoms with Crippen LogP contribution in [0, 0.1) is 16.7 Å². The van der Waals surface area contributed by atoms with Crippen molar-refractivity contribution in [3.05, 3.63) is 46.6 Å². The number of ether oxygens (including phenoxy) is 3. The van der Waals surface area contributed by atoms with E-state index >= 15 is 0 Å². The number of hydrogen-bond acceptors (Lipinski definition) is 9. The fourth-order valence-electron chi connectivity index (χ4n) is 2.47. The summed E-state index contributed by atoms with van der Waals surface area (Å²) >= 11 is 4.94. The van der Waals surface area contributed by atoms with Crippen molar-refractivity contribution in [1.29, 1.82) is 0 Å². The Labute approximate surface area is 187 Å². The fraction of sp³-hybridized carbons (Fsp3) is 0.579. The maximum atomic E-state index is 10.3. The van der Waals surface area contributed by atoms with Gasteiger partial charge in [-0.1, -0.05) is 0 Å². The van der Waals surface area contributed by atoms with E-state index in [9.17, 15) is 14.9 Å². The van der Waals surface area contributed by atoms with Crippen LogP contribution in [0.2, 0.25) is 0 Å². The fourth-order valence-corrected chi connectivity index (χ4v) is 4.04. The molecule has 2 fully saturated rings. The highest BCUT2D eigenvalue weighted by atomic mass is 35.5. The third-order valence-corrected chi connectivity index (χ3v) is 6.22. The van der Waals surface area contributed by atoms with Crippen LogP contribution in [0.15, 0.2) is 24.3 Å². The van der Waals surface area contributed by atoms with Gasteiger partial charge in [0.15, 0.2) is 6.54 Å². The summed E-state index contributed by atoms with van der Waals surface area (Å²) in [4.78, 5) is 20.0. The van der Waals surface area contributed by atoms with Crippen LogP contribution in [0.1, 0.15) is 5.56 Å². The number of nitro benzene ring substituents is 1. The second-order valence-corrected chi connectivity index (χ2v) is 9.49. The van der Waals surface area contributed by atoms with Crippen molar-refractivity contribution in [2.24, 2.45) is 0 Å². The second kappa shape index (κ2) is 16.2. The molecule has 2 aliphatic heterocycles. The molecule has 0 spiro atoms. The summed E-state index contributed by atoms with van der Waals surface area (Å²) in [6, 6.07) is 5.66. The van der Waals surface area contributed by atoms with E-state index < -0.39 is 10.4 Å². The van der Waals surface area contributed by atoms with E-state index in [1.54, 1.807) is 6.61 Å². The Morgan fingerprint density at radius 1 is 1.35 bits per heavy atom. The van der Waals surface area contributed by atoms with Gasteiger partial charge in [-0.3, -0.25) is 15.4 Å². The van der Waals surface area contributed by atoms with Crippen molar-refractivity contribution in [1.82, 2.24) is 5.32 Å². The molecule has 3 rings (SSSR count). The van der Waals surface area contributed by atoms with Gasteiger partial charge in [0.25, 0.3) is 5.69 Å². The smallest absolute Gasteiger partial charge is 0.404 e. The molecule has 0 aromatic heterocycles. The third kappa shape index (κ3) is 12.8. The molecule has 31 heavy (non-hydrogen) atoms. The molecule has 0 aliphatic carbocycles. The summed E-state index contributed by atoms with van der Waals surface area (Å²) in [5.41, 5.74) is -0.265.